The van der Waals surface area contributed by atoms with E-state index in [2.05, 4.69) is 193 Å². The van der Waals surface area contributed by atoms with Gasteiger partial charge in [-0.15, -0.1) is 0 Å². The van der Waals surface area contributed by atoms with Gasteiger partial charge in [-0.25, -0.2) is 0 Å². The Morgan fingerprint density at radius 1 is 0.241 bits per heavy atom. The van der Waals surface area contributed by atoms with Crippen molar-refractivity contribution in [2.45, 2.75) is 0 Å². The molecule has 0 amide bonds. The van der Waals surface area contributed by atoms with Gasteiger partial charge in [0.2, 0.25) is 0 Å². The first-order valence-corrected chi connectivity index (χ1v) is 18.6. The zero-order valence-corrected chi connectivity index (χ0v) is 29.5. The Morgan fingerprint density at radius 3 is 1.56 bits per heavy atom. The molecule has 0 aliphatic rings. The number of benzene rings is 10. The number of nitrogens with zero attached hydrogens (tertiary/aromatic N) is 1. The Hall–Kier alpha value is -7.09. The van der Waals surface area contributed by atoms with Gasteiger partial charge in [0.15, 0.2) is 0 Å². The second-order valence-corrected chi connectivity index (χ2v) is 14.3. The Morgan fingerprint density at radius 2 is 0.778 bits per heavy atom. The molecule has 0 radical (unpaired) electrons. The summed E-state index contributed by atoms with van der Waals surface area (Å²) < 4.78 is 0. The van der Waals surface area contributed by atoms with Crippen LogP contribution in [0.2, 0.25) is 0 Å². The van der Waals surface area contributed by atoms with Crippen molar-refractivity contribution >= 4 is 64.6 Å². The molecule has 54 heavy (non-hydrogen) atoms. The second kappa shape index (κ2) is 12.3. The van der Waals surface area contributed by atoms with Crippen molar-refractivity contribution in [3.05, 3.63) is 200 Å². The number of rotatable bonds is 4. The fraction of sp³-hybridized carbons (Fsp3) is 0. The Balaban J connectivity index is 1.12. The van der Waals surface area contributed by atoms with Crippen molar-refractivity contribution in [1.82, 2.24) is 4.98 Å². The molecule has 11 aromatic rings. The summed E-state index contributed by atoms with van der Waals surface area (Å²) >= 11 is 0. The van der Waals surface area contributed by atoms with E-state index < -0.39 is 0 Å². The zero-order valence-electron chi connectivity index (χ0n) is 29.5. The zero-order chi connectivity index (χ0) is 35.6. The lowest BCUT2D eigenvalue weighted by molar-refractivity contribution is 1.33. The summed E-state index contributed by atoms with van der Waals surface area (Å²) in [4.78, 5) is 4.36. The molecular formula is C53H33N. The summed E-state index contributed by atoms with van der Waals surface area (Å²) in [5.74, 6) is 0. The number of hydrogen-bond donors (Lipinski definition) is 0. The maximum absolute atomic E-state index is 4.36. The van der Waals surface area contributed by atoms with E-state index in [1.807, 2.05) is 12.4 Å². The molecular weight excluding hydrogens is 651 g/mol. The highest BCUT2D eigenvalue weighted by Gasteiger charge is 2.18. The van der Waals surface area contributed by atoms with E-state index in [0.29, 0.717) is 0 Å². The van der Waals surface area contributed by atoms with Crippen molar-refractivity contribution in [2.75, 3.05) is 0 Å². The molecule has 0 aliphatic heterocycles. The third kappa shape index (κ3) is 4.83. The van der Waals surface area contributed by atoms with E-state index in [4.69, 9.17) is 0 Å². The predicted octanol–water partition coefficient (Wildman–Crippen LogP) is 14.7. The van der Waals surface area contributed by atoms with Crippen molar-refractivity contribution < 1.29 is 0 Å². The van der Waals surface area contributed by atoms with Crippen LogP contribution in [0.15, 0.2) is 200 Å². The van der Waals surface area contributed by atoms with Gasteiger partial charge in [-0.3, -0.25) is 4.98 Å². The third-order valence-corrected chi connectivity index (χ3v) is 11.3. The van der Waals surface area contributed by atoms with Gasteiger partial charge in [-0.2, -0.15) is 0 Å². The molecule has 1 aromatic heterocycles. The summed E-state index contributed by atoms with van der Waals surface area (Å²) in [6.45, 7) is 0. The minimum Gasteiger partial charge on any atom is -0.265 e. The molecule has 0 N–H and O–H groups in total. The minimum atomic E-state index is 1.17. The van der Waals surface area contributed by atoms with Crippen LogP contribution >= 0.6 is 0 Å². The van der Waals surface area contributed by atoms with Crippen LogP contribution in [0.3, 0.4) is 0 Å². The Kier molecular flexibility index (Phi) is 6.93. The van der Waals surface area contributed by atoms with Crippen LogP contribution in [-0.2, 0) is 0 Å². The summed E-state index contributed by atoms with van der Waals surface area (Å²) in [6.07, 6.45) is 3.79. The molecule has 1 nitrogen and oxygen atoms in total. The first-order valence-electron chi connectivity index (χ1n) is 18.6. The van der Waals surface area contributed by atoms with Gasteiger partial charge in [0.1, 0.15) is 0 Å². The molecule has 0 aliphatic carbocycles. The molecule has 0 unspecified atom stereocenters. The van der Waals surface area contributed by atoms with Gasteiger partial charge in [-0.1, -0.05) is 152 Å². The van der Waals surface area contributed by atoms with Crippen molar-refractivity contribution in [3.63, 3.8) is 0 Å². The van der Waals surface area contributed by atoms with E-state index in [1.165, 1.54) is 109 Å². The molecule has 0 bridgehead atoms. The first-order chi connectivity index (χ1) is 26.8. The van der Waals surface area contributed by atoms with Gasteiger partial charge in [0.05, 0.1) is 0 Å². The Bertz CT molecular complexity index is 3250. The molecule has 0 fully saturated rings. The van der Waals surface area contributed by atoms with Gasteiger partial charge >= 0.3 is 0 Å². The van der Waals surface area contributed by atoms with E-state index in [0.717, 1.165) is 0 Å². The average molecular weight is 684 g/mol. The van der Waals surface area contributed by atoms with E-state index in [1.54, 1.807) is 0 Å². The summed E-state index contributed by atoms with van der Waals surface area (Å²) in [7, 11) is 0. The molecule has 0 saturated carbocycles. The van der Waals surface area contributed by atoms with Gasteiger partial charge in [0, 0.05) is 12.4 Å². The largest absolute Gasteiger partial charge is 0.265 e. The van der Waals surface area contributed by atoms with E-state index in [-0.39, 0.29) is 0 Å². The topological polar surface area (TPSA) is 12.9 Å². The van der Waals surface area contributed by atoms with E-state index in [9.17, 15) is 0 Å². The normalized spacial score (nSPS) is 11.7. The Labute approximate surface area is 313 Å². The van der Waals surface area contributed by atoms with Crippen LogP contribution in [0, 0.1) is 0 Å². The molecule has 250 valence electrons. The monoisotopic (exact) mass is 683 g/mol. The highest BCUT2D eigenvalue weighted by molar-refractivity contribution is 6.23. The fourth-order valence-electron chi connectivity index (χ4n) is 8.80. The molecule has 1 heterocycles. The number of hydrogen-bond acceptors (Lipinski definition) is 1. The fourth-order valence-corrected chi connectivity index (χ4v) is 8.80. The first kappa shape index (κ1) is 30.5. The average Bonchev–Trinajstić information content (AvgIpc) is 3.25. The molecule has 0 spiro atoms. The molecule has 0 atom stereocenters. The lowest BCUT2D eigenvalue weighted by Crippen LogP contribution is -1.92. The number of pyridine rings is 1. The lowest BCUT2D eigenvalue weighted by atomic mass is 9.84. The SMILES string of the molecule is c1ccc(-c2ccc3c(-c4ccc5cc(-c6cc7c8ccccc8ccc7c7ccccc67)ccc5c4)c4ccccc4c(-c4ccncc4)c3c2)cc1. The van der Waals surface area contributed by atoms with Gasteiger partial charge in [0.25, 0.3) is 0 Å². The molecule has 11 rings (SSSR count). The van der Waals surface area contributed by atoms with Crippen LogP contribution in [0.25, 0.3) is 109 Å². The highest BCUT2D eigenvalue weighted by Crippen LogP contribution is 2.46. The van der Waals surface area contributed by atoms with Gasteiger partial charge < -0.3 is 0 Å². The summed E-state index contributed by atoms with van der Waals surface area (Å²) in [5, 5.41) is 15.1. The molecule has 0 saturated heterocycles. The number of aromatic nitrogens is 1. The summed E-state index contributed by atoms with van der Waals surface area (Å²) in [5.41, 5.74) is 9.80. The molecule has 1 heteroatoms. The van der Waals surface area contributed by atoms with Crippen molar-refractivity contribution in [1.29, 1.82) is 0 Å². The van der Waals surface area contributed by atoms with Crippen LogP contribution in [0.4, 0.5) is 0 Å². The highest BCUT2D eigenvalue weighted by atomic mass is 14.6. The minimum absolute atomic E-state index is 1.17. The lowest BCUT2D eigenvalue weighted by Gasteiger charge is -2.19. The van der Waals surface area contributed by atoms with Crippen LogP contribution in [0.5, 0.6) is 0 Å². The standard InChI is InChI=1S/C53H33N/c1-2-10-34(11-3-1)39-23-25-48-51(32-39)52(36-26-28-54-29-27-36)46-16-8-9-17-47(46)53(48)41-21-19-37-30-40(20-18-38(37)31-41)49-33-50-42-13-5-4-12-35(42)22-24-45(50)43-14-6-7-15-44(43)49/h1-33H. The van der Waals surface area contributed by atoms with Crippen LogP contribution in [-0.4, -0.2) is 4.98 Å². The third-order valence-electron chi connectivity index (χ3n) is 11.3. The molecule has 10 aromatic carbocycles. The quantitative estimate of drug-likeness (QED) is 0.133. The van der Waals surface area contributed by atoms with E-state index >= 15 is 0 Å². The second-order valence-electron chi connectivity index (χ2n) is 14.3. The van der Waals surface area contributed by atoms with Crippen LogP contribution < -0.4 is 0 Å². The van der Waals surface area contributed by atoms with Crippen molar-refractivity contribution in [3.8, 4) is 44.5 Å². The maximum atomic E-state index is 4.36. The smallest absolute Gasteiger partial charge is 0.0273 e. The maximum Gasteiger partial charge on any atom is 0.0273 e. The van der Waals surface area contributed by atoms with Crippen molar-refractivity contribution in [2.24, 2.45) is 0 Å². The summed E-state index contributed by atoms with van der Waals surface area (Å²) in [6, 6.07) is 69.3. The number of fused-ring (bicyclic) bond motifs is 8. The van der Waals surface area contributed by atoms with Crippen LogP contribution in [0.1, 0.15) is 0 Å². The predicted molar refractivity (Wildman–Crippen MR) is 231 cm³/mol. The van der Waals surface area contributed by atoms with Gasteiger partial charge in [-0.05, 0) is 146 Å².